The minimum absolute atomic E-state index is 0.492. The van der Waals surface area contributed by atoms with Crippen LogP contribution in [0.15, 0.2) is 18.2 Å². The Bertz CT molecular complexity index is 402. The van der Waals surface area contributed by atoms with Crippen molar-refractivity contribution in [3.8, 4) is 6.07 Å². The molecule has 16 heavy (non-hydrogen) atoms. The molecule has 0 saturated carbocycles. The van der Waals surface area contributed by atoms with E-state index in [9.17, 15) is 0 Å². The quantitative estimate of drug-likeness (QED) is 0.774. The lowest BCUT2D eigenvalue weighted by Crippen LogP contribution is -2.33. The molecule has 1 aromatic carbocycles. The number of hydrogen-bond donors (Lipinski definition) is 0. The fourth-order valence-electron chi connectivity index (χ4n) is 1.79. The number of anilines is 1. The topological polar surface area (TPSA) is 27.0 Å². The molecule has 0 radical (unpaired) electrons. The van der Waals surface area contributed by atoms with Crippen LogP contribution in [0.5, 0.6) is 0 Å². The second kappa shape index (κ2) is 5.03. The number of nitriles is 1. The highest BCUT2D eigenvalue weighted by molar-refractivity contribution is 5.56. The minimum Gasteiger partial charge on any atom is -0.371 e. The van der Waals surface area contributed by atoms with Crippen LogP contribution in [0.3, 0.4) is 0 Å². The van der Waals surface area contributed by atoms with Crippen molar-refractivity contribution in [3.63, 3.8) is 0 Å². The van der Waals surface area contributed by atoms with Crippen molar-refractivity contribution < 1.29 is 0 Å². The first-order valence-electron chi connectivity index (χ1n) is 5.71. The van der Waals surface area contributed by atoms with Crippen molar-refractivity contribution in [2.24, 2.45) is 5.92 Å². The first-order chi connectivity index (χ1) is 7.47. The van der Waals surface area contributed by atoms with Gasteiger partial charge in [-0.2, -0.15) is 5.26 Å². The van der Waals surface area contributed by atoms with Crippen molar-refractivity contribution in [3.05, 3.63) is 29.3 Å². The molecule has 1 rings (SSSR count). The number of benzene rings is 1. The minimum atomic E-state index is 0.492. The zero-order valence-electron chi connectivity index (χ0n) is 10.8. The molecule has 1 aromatic rings. The van der Waals surface area contributed by atoms with Gasteiger partial charge in [-0.1, -0.05) is 13.8 Å². The molecule has 2 heteroatoms. The van der Waals surface area contributed by atoms with Crippen molar-refractivity contribution in [2.75, 3.05) is 11.9 Å². The van der Waals surface area contributed by atoms with E-state index in [1.54, 1.807) is 0 Å². The van der Waals surface area contributed by atoms with Crippen LogP contribution in [0.1, 0.15) is 31.9 Å². The van der Waals surface area contributed by atoms with Crippen molar-refractivity contribution in [2.45, 2.75) is 33.7 Å². The van der Waals surface area contributed by atoms with Gasteiger partial charge in [0, 0.05) is 18.8 Å². The predicted molar refractivity (Wildman–Crippen MR) is 68.6 cm³/mol. The molecule has 0 N–H and O–H groups in total. The lowest BCUT2D eigenvalue weighted by atomic mass is 10.0. The van der Waals surface area contributed by atoms with Gasteiger partial charge in [-0.15, -0.1) is 0 Å². The Kier molecular flexibility index (Phi) is 3.95. The van der Waals surface area contributed by atoms with E-state index in [1.165, 1.54) is 5.69 Å². The molecule has 0 aromatic heterocycles. The van der Waals surface area contributed by atoms with Gasteiger partial charge in [0.1, 0.15) is 0 Å². The second-order valence-electron chi connectivity index (χ2n) is 4.71. The van der Waals surface area contributed by atoms with Gasteiger partial charge in [0.2, 0.25) is 0 Å². The highest BCUT2D eigenvalue weighted by Crippen LogP contribution is 2.23. The van der Waals surface area contributed by atoms with Crippen LogP contribution in [0.2, 0.25) is 0 Å². The summed E-state index contributed by atoms with van der Waals surface area (Å²) in [5.41, 5.74) is 3.10. The largest absolute Gasteiger partial charge is 0.371 e. The van der Waals surface area contributed by atoms with Crippen molar-refractivity contribution in [1.29, 1.82) is 5.26 Å². The molecule has 0 aliphatic rings. The summed E-state index contributed by atoms with van der Waals surface area (Å²) in [5.74, 6) is 0.611. The zero-order chi connectivity index (χ0) is 12.3. The van der Waals surface area contributed by atoms with Crippen LogP contribution < -0.4 is 4.90 Å². The number of hydrogen-bond acceptors (Lipinski definition) is 2. The summed E-state index contributed by atoms with van der Waals surface area (Å²) in [6, 6.07) is 8.52. The van der Waals surface area contributed by atoms with Crippen LogP contribution in [-0.2, 0) is 0 Å². The van der Waals surface area contributed by atoms with Gasteiger partial charge in [-0.05, 0) is 43.5 Å². The molecular formula is C14H20N2. The summed E-state index contributed by atoms with van der Waals surface area (Å²) in [5, 5.41) is 8.83. The molecular weight excluding hydrogens is 196 g/mol. The lowest BCUT2D eigenvalue weighted by molar-refractivity contribution is 0.505. The van der Waals surface area contributed by atoms with Crippen LogP contribution in [0.4, 0.5) is 5.69 Å². The maximum absolute atomic E-state index is 8.83. The van der Waals surface area contributed by atoms with E-state index in [1.807, 2.05) is 18.2 Å². The van der Waals surface area contributed by atoms with Crippen LogP contribution >= 0.6 is 0 Å². The third kappa shape index (κ3) is 2.55. The van der Waals surface area contributed by atoms with Gasteiger partial charge in [-0.25, -0.2) is 0 Å². The summed E-state index contributed by atoms with van der Waals surface area (Å²) in [6.45, 7) is 8.72. The Labute approximate surface area is 98.5 Å². The van der Waals surface area contributed by atoms with Crippen molar-refractivity contribution in [1.82, 2.24) is 0 Å². The van der Waals surface area contributed by atoms with Crippen LogP contribution in [0, 0.1) is 24.2 Å². The van der Waals surface area contributed by atoms with E-state index in [0.717, 1.165) is 11.1 Å². The average Bonchev–Trinajstić information content (AvgIpc) is 2.26. The van der Waals surface area contributed by atoms with Crippen molar-refractivity contribution >= 4 is 5.69 Å². The molecule has 0 amide bonds. The molecule has 0 saturated heterocycles. The van der Waals surface area contributed by atoms with E-state index >= 15 is 0 Å². The molecule has 0 spiro atoms. The highest BCUT2D eigenvalue weighted by atomic mass is 15.1. The maximum atomic E-state index is 8.83. The van der Waals surface area contributed by atoms with E-state index in [4.69, 9.17) is 5.26 Å². The molecule has 0 bridgehead atoms. The summed E-state index contributed by atoms with van der Waals surface area (Å²) in [4.78, 5) is 2.28. The molecule has 86 valence electrons. The molecule has 0 heterocycles. The first-order valence-corrected chi connectivity index (χ1v) is 5.71. The summed E-state index contributed by atoms with van der Waals surface area (Å²) >= 11 is 0. The van der Waals surface area contributed by atoms with Crippen LogP contribution in [0.25, 0.3) is 0 Å². The Morgan fingerprint density at radius 3 is 2.31 bits per heavy atom. The SMILES string of the molecule is Cc1cc(C#N)ccc1N(C)C(C)C(C)C. The average molecular weight is 216 g/mol. The van der Waals surface area contributed by atoms with E-state index in [0.29, 0.717) is 12.0 Å². The number of rotatable bonds is 3. The van der Waals surface area contributed by atoms with Gasteiger partial charge < -0.3 is 4.90 Å². The van der Waals surface area contributed by atoms with E-state index < -0.39 is 0 Å². The summed E-state index contributed by atoms with van der Waals surface area (Å²) in [6.07, 6.45) is 0. The molecule has 0 fully saturated rings. The molecule has 2 nitrogen and oxygen atoms in total. The van der Waals surface area contributed by atoms with Gasteiger partial charge in [0.25, 0.3) is 0 Å². The third-order valence-electron chi connectivity index (χ3n) is 3.28. The summed E-state index contributed by atoms with van der Waals surface area (Å²) in [7, 11) is 2.11. The summed E-state index contributed by atoms with van der Waals surface area (Å²) < 4.78 is 0. The fraction of sp³-hybridized carbons (Fsp3) is 0.500. The molecule has 1 unspecified atom stereocenters. The fourth-order valence-corrected chi connectivity index (χ4v) is 1.79. The predicted octanol–water partition coefficient (Wildman–Crippen LogP) is 3.35. The Morgan fingerprint density at radius 1 is 1.25 bits per heavy atom. The normalized spacial score (nSPS) is 12.3. The maximum Gasteiger partial charge on any atom is 0.0991 e. The molecule has 0 aliphatic carbocycles. The van der Waals surface area contributed by atoms with E-state index in [2.05, 4.69) is 45.7 Å². The standard InChI is InChI=1S/C14H20N2/c1-10(2)12(4)16(5)14-7-6-13(9-15)8-11(14)3/h6-8,10,12H,1-5H3. The Hall–Kier alpha value is -1.49. The van der Waals surface area contributed by atoms with Gasteiger partial charge >= 0.3 is 0 Å². The van der Waals surface area contributed by atoms with Gasteiger partial charge in [-0.3, -0.25) is 0 Å². The number of nitrogens with zero attached hydrogens (tertiary/aromatic N) is 2. The highest BCUT2D eigenvalue weighted by Gasteiger charge is 2.15. The smallest absolute Gasteiger partial charge is 0.0991 e. The Morgan fingerprint density at radius 2 is 1.88 bits per heavy atom. The van der Waals surface area contributed by atoms with Gasteiger partial charge in [0.15, 0.2) is 0 Å². The molecule has 1 atom stereocenters. The van der Waals surface area contributed by atoms with Gasteiger partial charge in [0.05, 0.1) is 11.6 Å². The second-order valence-corrected chi connectivity index (χ2v) is 4.71. The Balaban J connectivity index is 3.01. The van der Waals surface area contributed by atoms with E-state index in [-0.39, 0.29) is 0 Å². The molecule has 0 aliphatic heterocycles. The zero-order valence-corrected chi connectivity index (χ0v) is 10.8. The first kappa shape index (κ1) is 12.6. The monoisotopic (exact) mass is 216 g/mol. The lowest BCUT2D eigenvalue weighted by Gasteiger charge is -2.31. The van der Waals surface area contributed by atoms with Crippen LogP contribution in [-0.4, -0.2) is 13.1 Å². The number of aryl methyl sites for hydroxylation is 1. The third-order valence-corrected chi connectivity index (χ3v) is 3.28.